The molecule has 0 aromatic rings. The molecule has 0 aromatic carbocycles. The maximum absolute atomic E-state index is 11.9. The highest BCUT2D eigenvalue weighted by atomic mass is 16.6. The number of hydrogen-bond donors (Lipinski definition) is 2. The van der Waals surface area contributed by atoms with Crippen molar-refractivity contribution in [1.29, 1.82) is 0 Å². The van der Waals surface area contributed by atoms with E-state index in [2.05, 4.69) is 34.3 Å². The zero-order valence-electron chi connectivity index (χ0n) is 24.9. The summed E-state index contributed by atoms with van der Waals surface area (Å²) in [5.41, 5.74) is 0. The van der Waals surface area contributed by atoms with E-state index in [9.17, 15) is 9.59 Å². The first-order valence-electron chi connectivity index (χ1n) is 15.8. The molecule has 10 heteroatoms. The average molecular weight is 589 g/mol. The maximum atomic E-state index is 11.9. The number of nitrogens with one attached hydrogen (secondary N) is 2. The van der Waals surface area contributed by atoms with Crippen molar-refractivity contribution in [3.63, 3.8) is 0 Å². The summed E-state index contributed by atoms with van der Waals surface area (Å²) in [6.07, 6.45) is 7.59. The monoisotopic (exact) mass is 588 g/mol. The van der Waals surface area contributed by atoms with Crippen molar-refractivity contribution in [1.82, 2.24) is 10.6 Å². The highest BCUT2D eigenvalue weighted by molar-refractivity contribution is 5.67. The molecule has 4 atom stereocenters. The molecule has 4 unspecified atom stereocenters. The zero-order chi connectivity index (χ0) is 29.2. The molecule has 2 amide bonds. The molecule has 234 valence electrons. The molecule has 4 aliphatic rings. The van der Waals surface area contributed by atoms with Gasteiger partial charge in [-0.2, -0.15) is 0 Å². The first-order chi connectivity index (χ1) is 20.7. The third kappa shape index (κ3) is 12.0. The van der Waals surface area contributed by atoms with Crippen molar-refractivity contribution >= 4 is 12.2 Å². The number of amides is 2. The second-order valence-corrected chi connectivity index (χ2v) is 11.3. The lowest BCUT2D eigenvalue weighted by atomic mass is 10.1. The van der Waals surface area contributed by atoms with Crippen molar-refractivity contribution in [3.05, 3.63) is 0 Å². The molecule has 2 N–H and O–H groups in total. The van der Waals surface area contributed by atoms with Crippen molar-refractivity contribution in [2.75, 3.05) is 79.2 Å². The minimum Gasteiger partial charge on any atom is -0.449 e. The molecular weight excluding hydrogens is 540 g/mol. The minimum atomic E-state index is -0.381. The lowest BCUT2D eigenvalue weighted by Gasteiger charge is -2.09. The number of alkyl carbamates (subject to hydrolysis) is 2. The molecule has 0 spiro atoms. The van der Waals surface area contributed by atoms with Crippen molar-refractivity contribution in [2.24, 2.45) is 35.5 Å². The van der Waals surface area contributed by atoms with Crippen LogP contribution in [0.1, 0.15) is 51.4 Å². The second-order valence-electron chi connectivity index (χ2n) is 11.3. The number of fused-ring (bicyclic) bond motifs is 2. The van der Waals surface area contributed by atoms with Crippen LogP contribution in [0.25, 0.3) is 0 Å². The summed E-state index contributed by atoms with van der Waals surface area (Å²) in [5, 5.41) is 5.46. The molecule has 0 aliphatic heterocycles. The summed E-state index contributed by atoms with van der Waals surface area (Å²) in [7, 11) is 0. The molecule has 0 radical (unpaired) electrons. The standard InChI is InChI=1S/C32H48N2O8/c35-31(41-23-29-25-9-5-1-2-6-10-26(25)29)33-13-15-37-17-19-39-21-22-40-20-18-38-16-14-34-32(36)42-24-30-27-11-7-3-4-8-12-28(27)30/h25-30H,5-24H2,(H,33,35)(H,34,36). The molecule has 4 aliphatic carbocycles. The van der Waals surface area contributed by atoms with Crippen LogP contribution in [0.3, 0.4) is 0 Å². The Morgan fingerprint density at radius 3 is 1.14 bits per heavy atom. The summed E-state index contributed by atoms with van der Waals surface area (Å²) in [5.74, 6) is 16.5. The van der Waals surface area contributed by atoms with Gasteiger partial charge in [-0.3, -0.25) is 0 Å². The molecule has 2 fully saturated rings. The van der Waals surface area contributed by atoms with E-state index in [0.717, 1.165) is 51.4 Å². The van der Waals surface area contributed by atoms with Crippen molar-refractivity contribution < 1.29 is 38.0 Å². The van der Waals surface area contributed by atoms with Crippen LogP contribution in [0, 0.1) is 59.2 Å². The highest BCUT2D eigenvalue weighted by Gasteiger charge is 2.50. The summed E-state index contributed by atoms with van der Waals surface area (Å²) < 4.78 is 32.7. The molecule has 10 nitrogen and oxygen atoms in total. The van der Waals surface area contributed by atoms with E-state index in [0.29, 0.717) is 115 Å². The van der Waals surface area contributed by atoms with Gasteiger partial charge in [0.05, 0.1) is 66.1 Å². The molecular formula is C32H48N2O8. The maximum Gasteiger partial charge on any atom is 0.407 e. The Morgan fingerprint density at radius 1 is 0.500 bits per heavy atom. The quantitative estimate of drug-likeness (QED) is 0.174. The van der Waals surface area contributed by atoms with E-state index in [1.54, 1.807) is 0 Å². The number of ether oxygens (including phenoxy) is 6. The molecule has 0 aromatic heterocycles. The van der Waals surface area contributed by atoms with E-state index in [4.69, 9.17) is 28.4 Å². The van der Waals surface area contributed by atoms with Gasteiger partial charge < -0.3 is 39.1 Å². The third-order valence-electron chi connectivity index (χ3n) is 8.64. The molecule has 0 heterocycles. The van der Waals surface area contributed by atoms with Gasteiger partial charge in [-0.1, -0.05) is 0 Å². The number of rotatable bonds is 19. The summed E-state index contributed by atoms with van der Waals surface area (Å²) in [4.78, 5) is 23.8. The first-order valence-corrected chi connectivity index (χ1v) is 15.8. The predicted octanol–water partition coefficient (Wildman–Crippen LogP) is 3.38. The van der Waals surface area contributed by atoms with Crippen LogP contribution in [-0.4, -0.2) is 91.3 Å². The fourth-order valence-electron chi connectivity index (χ4n) is 6.22. The highest BCUT2D eigenvalue weighted by Crippen LogP contribution is 2.53. The Morgan fingerprint density at radius 2 is 0.810 bits per heavy atom. The van der Waals surface area contributed by atoms with Crippen LogP contribution in [0.15, 0.2) is 0 Å². The van der Waals surface area contributed by atoms with Gasteiger partial charge >= 0.3 is 12.2 Å². The van der Waals surface area contributed by atoms with E-state index < -0.39 is 0 Å². The third-order valence-corrected chi connectivity index (χ3v) is 8.64. The fraction of sp³-hybridized carbons (Fsp3) is 0.812. The molecule has 0 saturated heterocycles. The smallest absolute Gasteiger partial charge is 0.407 e. The largest absolute Gasteiger partial charge is 0.449 e. The van der Waals surface area contributed by atoms with Gasteiger partial charge in [0, 0.05) is 38.8 Å². The van der Waals surface area contributed by atoms with Crippen LogP contribution in [0.2, 0.25) is 0 Å². The summed E-state index contributed by atoms with van der Waals surface area (Å²) in [6.45, 7) is 5.34. The molecule has 42 heavy (non-hydrogen) atoms. The lowest BCUT2D eigenvalue weighted by Crippen LogP contribution is -2.29. The van der Waals surface area contributed by atoms with Gasteiger partial charge in [0.1, 0.15) is 0 Å². The van der Waals surface area contributed by atoms with Crippen LogP contribution in [0.5, 0.6) is 0 Å². The molecule has 4 rings (SSSR count). The Balaban J connectivity index is 0.829. The van der Waals surface area contributed by atoms with Gasteiger partial charge in [-0.25, -0.2) is 9.59 Å². The Hall–Kier alpha value is -2.50. The summed E-state index contributed by atoms with van der Waals surface area (Å²) in [6, 6.07) is 0. The predicted molar refractivity (Wildman–Crippen MR) is 155 cm³/mol. The van der Waals surface area contributed by atoms with Gasteiger partial charge in [-0.05, 0) is 61.2 Å². The lowest BCUT2D eigenvalue weighted by molar-refractivity contribution is -0.00114. The second kappa shape index (κ2) is 18.9. The van der Waals surface area contributed by atoms with Crippen molar-refractivity contribution in [2.45, 2.75) is 51.4 Å². The Bertz CT molecular complexity index is 842. The minimum absolute atomic E-state index is 0.381. The number of carbonyl (C=O) groups is 2. The number of carbonyl (C=O) groups excluding carboxylic acids is 2. The number of hydrogen-bond acceptors (Lipinski definition) is 8. The molecule has 2 saturated carbocycles. The average Bonchev–Trinajstić information content (AvgIpc) is 3.82. The first kappa shape index (κ1) is 32.4. The molecule has 0 bridgehead atoms. The van der Waals surface area contributed by atoms with Crippen LogP contribution < -0.4 is 10.6 Å². The van der Waals surface area contributed by atoms with Crippen molar-refractivity contribution in [3.8, 4) is 23.7 Å². The van der Waals surface area contributed by atoms with E-state index in [1.165, 1.54) is 0 Å². The Labute approximate surface area is 250 Å². The van der Waals surface area contributed by atoms with Gasteiger partial charge in [-0.15, -0.1) is 23.7 Å². The van der Waals surface area contributed by atoms with Gasteiger partial charge in [0.15, 0.2) is 0 Å². The van der Waals surface area contributed by atoms with Gasteiger partial charge in [0.2, 0.25) is 0 Å². The van der Waals surface area contributed by atoms with E-state index in [1.807, 2.05) is 0 Å². The fourth-order valence-corrected chi connectivity index (χ4v) is 6.22. The van der Waals surface area contributed by atoms with Crippen LogP contribution in [-0.2, 0) is 28.4 Å². The normalized spacial score (nSPS) is 27.0. The SMILES string of the molecule is O=C(NCCOCCOCCOCCOCCNC(=O)OCC1C2CCC#CCCC21)OCC1C2CCC#CCCC21. The van der Waals surface area contributed by atoms with Crippen LogP contribution >= 0.6 is 0 Å². The topological polar surface area (TPSA) is 114 Å². The Kier molecular flexibility index (Phi) is 14.6. The summed E-state index contributed by atoms with van der Waals surface area (Å²) >= 11 is 0. The van der Waals surface area contributed by atoms with Crippen LogP contribution in [0.4, 0.5) is 9.59 Å². The van der Waals surface area contributed by atoms with E-state index >= 15 is 0 Å². The zero-order valence-corrected chi connectivity index (χ0v) is 24.9. The van der Waals surface area contributed by atoms with Gasteiger partial charge in [0.25, 0.3) is 0 Å². The van der Waals surface area contributed by atoms with E-state index in [-0.39, 0.29) is 12.2 Å².